The van der Waals surface area contributed by atoms with Crippen LogP contribution in [0.25, 0.3) is 0 Å². The first-order valence-corrected chi connectivity index (χ1v) is 9.12. The number of nitrogens with one attached hydrogen (secondary N) is 1. The molecule has 2 rings (SSSR count). The fourth-order valence-corrected chi connectivity index (χ4v) is 3.48. The summed E-state index contributed by atoms with van der Waals surface area (Å²) in [5.41, 5.74) is 1.78. The molecule has 4 nitrogen and oxygen atoms in total. The summed E-state index contributed by atoms with van der Waals surface area (Å²) in [6.45, 7) is 1.95. The summed E-state index contributed by atoms with van der Waals surface area (Å²) in [6, 6.07) is 12.1. The van der Waals surface area contributed by atoms with E-state index < -0.39 is 10.0 Å². The minimum Gasteiger partial charge on any atom is -0.378 e. The van der Waals surface area contributed by atoms with E-state index in [1.54, 1.807) is 18.2 Å². The van der Waals surface area contributed by atoms with Gasteiger partial charge in [-0.05, 0) is 65.4 Å². The van der Waals surface area contributed by atoms with Gasteiger partial charge in [0.1, 0.15) is 0 Å². The zero-order valence-electron chi connectivity index (χ0n) is 11.2. The highest BCUT2D eigenvalue weighted by Crippen LogP contribution is 2.27. The van der Waals surface area contributed by atoms with Gasteiger partial charge in [0.2, 0.25) is 10.0 Å². The molecule has 0 saturated carbocycles. The molecule has 2 aromatic rings. The Bertz CT molecular complexity index is 765. The lowest BCUT2D eigenvalue weighted by Gasteiger charge is -2.17. The maximum absolute atomic E-state index is 11.4. The highest BCUT2D eigenvalue weighted by molar-refractivity contribution is 14.1. The molecule has 0 spiro atoms. The van der Waals surface area contributed by atoms with Crippen molar-refractivity contribution in [2.45, 2.75) is 17.9 Å². The molecule has 0 saturated heterocycles. The van der Waals surface area contributed by atoms with E-state index in [9.17, 15) is 8.42 Å². The Labute approximate surface area is 142 Å². The second-order valence-electron chi connectivity index (χ2n) is 4.61. The molecular formula is C14H14ClIN2O2S. The van der Waals surface area contributed by atoms with E-state index in [0.717, 1.165) is 14.8 Å². The molecule has 0 radical (unpaired) electrons. The number of halogens is 2. The Hall–Kier alpha value is -0.830. The Morgan fingerprint density at radius 2 is 1.95 bits per heavy atom. The lowest BCUT2D eigenvalue weighted by atomic mass is 10.1. The molecule has 112 valence electrons. The third-order valence-corrected chi connectivity index (χ3v) is 5.03. The molecule has 0 aliphatic rings. The summed E-state index contributed by atoms with van der Waals surface area (Å²) in [6.07, 6.45) is 0. The van der Waals surface area contributed by atoms with Crippen molar-refractivity contribution in [1.82, 2.24) is 0 Å². The second kappa shape index (κ2) is 6.51. The zero-order chi connectivity index (χ0) is 15.6. The predicted molar refractivity (Wildman–Crippen MR) is 94.0 cm³/mol. The van der Waals surface area contributed by atoms with Crippen LogP contribution in [-0.4, -0.2) is 8.42 Å². The van der Waals surface area contributed by atoms with Gasteiger partial charge in [0.05, 0.1) is 4.90 Å². The molecule has 0 aliphatic carbocycles. The van der Waals surface area contributed by atoms with Crippen molar-refractivity contribution >= 4 is 49.9 Å². The lowest BCUT2D eigenvalue weighted by molar-refractivity contribution is 0.597. The summed E-state index contributed by atoms with van der Waals surface area (Å²) in [5, 5.41) is 9.16. The fourth-order valence-electron chi connectivity index (χ4n) is 1.88. The molecule has 1 atom stereocenters. The van der Waals surface area contributed by atoms with Crippen LogP contribution in [0.3, 0.4) is 0 Å². The summed E-state index contributed by atoms with van der Waals surface area (Å²) >= 11 is 8.12. The third-order valence-electron chi connectivity index (χ3n) is 2.99. The lowest BCUT2D eigenvalue weighted by Crippen LogP contribution is -2.14. The monoisotopic (exact) mass is 436 g/mol. The number of nitrogens with two attached hydrogens (primary N) is 1. The van der Waals surface area contributed by atoms with Crippen LogP contribution in [-0.2, 0) is 10.0 Å². The number of sulfonamides is 1. The van der Waals surface area contributed by atoms with Crippen LogP contribution in [0.2, 0.25) is 5.02 Å². The van der Waals surface area contributed by atoms with E-state index in [4.69, 9.17) is 16.7 Å². The first-order chi connectivity index (χ1) is 9.77. The van der Waals surface area contributed by atoms with Crippen molar-refractivity contribution in [2.24, 2.45) is 5.14 Å². The summed E-state index contributed by atoms with van der Waals surface area (Å²) in [7, 11) is -3.69. The van der Waals surface area contributed by atoms with Gasteiger partial charge >= 0.3 is 0 Å². The minimum atomic E-state index is -3.69. The van der Waals surface area contributed by atoms with Crippen LogP contribution < -0.4 is 10.5 Å². The molecule has 0 heterocycles. The van der Waals surface area contributed by atoms with Crippen molar-refractivity contribution < 1.29 is 8.42 Å². The van der Waals surface area contributed by atoms with Crippen LogP contribution in [0.1, 0.15) is 18.5 Å². The summed E-state index contributed by atoms with van der Waals surface area (Å²) < 4.78 is 23.8. The van der Waals surface area contributed by atoms with Gasteiger partial charge in [0.25, 0.3) is 0 Å². The average molecular weight is 437 g/mol. The van der Waals surface area contributed by atoms with E-state index in [1.807, 2.05) is 25.1 Å². The first kappa shape index (κ1) is 16.5. The smallest absolute Gasteiger partial charge is 0.238 e. The topological polar surface area (TPSA) is 72.2 Å². The Morgan fingerprint density at radius 1 is 1.24 bits per heavy atom. The Morgan fingerprint density at radius 3 is 2.57 bits per heavy atom. The Kier molecular flexibility index (Phi) is 5.13. The number of anilines is 1. The van der Waals surface area contributed by atoms with Crippen molar-refractivity contribution in [2.75, 3.05) is 5.32 Å². The molecule has 21 heavy (non-hydrogen) atoms. The highest BCUT2D eigenvalue weighted by atomic mass is 127. The predicted octanol–water partition coefficient (Wildman–Crippen LogP) is 3.77. The fraction of sp³-hybridized carbons (Fsp3) is 0.143. The highest BCUT2D eigenvalue weighted by Gasteiger charge is 2.12. The largest absolute Gasteiger partial charge is 0.378 e. The van der Waals surface area contributed by atoms with Gasteiger partial charge in [0.15, 0.2) is 0 Å². The van der Waals surface area contributed by atoms with Gasteiger partial charge in [-0.25, -0.2) is 13.6 Å². The van der Waals surface area contributed by atoms with Crippen LogP contribution in [0.15, 0.2) is 47.4 Å². The second-order valence-corrected chi connectivity index (χ2v) is 7.77. The minimum absolute atomic E-state index is 0.0682. The van der Waals surface area contributed by atoms with Crippen LogP contribution in [0.4, 0.5) is 5.69 Å². The summed E-state index contributed by atoms with van der Waals surface area (Å²) in [5.74, 6) is 0. The van der Waals surface area contributed by atoms with Gasteiger partial charge in [-0.15, -0.1) is 0 Å². The SMILES string of the molecule is CC(Nc1ccc(Cl)cc1I)c1cccc(S(N)(=O)=O)c1. The van der Waals surface area contributed by atoms with Gasteiger partial charge in [-0.2, -0.15) is 0 Å². The van der Waals surface area contributed by atoms with E-state index in [1.165, 1.54) is 6.07 Å². The molecule has 0 bridgehead atoms. The molecular weight excluding hydrogens is 423 g/mol. The number of hydrogen-bond donors (Lipinski definition) is 2. The van der Waals surface area contributed by atoms with Crippen molar-refractivity contribution in [3.05, 3.63) is 56.6 Å². The van der Waals surface area contributed by atoms with Crippen LogP contribution >= 0.6 is 34.2 Å². The maximum Gasteiger partial charge on any atom is 0.238 e. The third kappa shape index (κ3) is 4.32. The van der Waals surface area contributed by atoms with Crippen LogP contribution in [0.5, 0.6) is 0 Å². The summed E-state index contributed by atoms with van der Waals surface area (Å²) in [4.78, 5) is 0.111. The zero-order valence-corrected chi connectivity index (χ0v) is 14.9. The molecule has 7 heteroatoms. The normalized spacial score (nSPS) is 13.0. The van der Waals surface area contributed by atoms with Gasteiger partial charge in [-0.3, -0.25) is 0 Å². The van der Waals surface area contributed by atoms with Crippen molar-refractivity contribution in [3.8, 4) is 0 Å². The van der Waals surface area contributed by atoms with E-state index in [2.05, 4.69) is 27.9 Å². The van der Waals surface area contributed by atoms with E-state index in [0.29, 0.717) is 5.02 Å². The number of primary sulfonamides is 1. The van der Waals surface area contributed by atoms with Crippen molar-refractivity contribution in [1.29, 1.82) is 0 Å². The molecule has 3 N–H and O–H groups in total. The number of benzene rings is 2. The quantitative estimate of drug-likeness (QED) is 0.717. The van der Waals surface area contributed by atoms with Gasteiger partial charge in [0, 0.05) is 20.3 Å². The molecule has 2 aromatic carbocycles. The molecule has 0 aliphatic heterocycles. The average Bonchev–Trinajstić information content (AvgIpc) is 2.41. The standard InChI is InChI=1S/C14H14ClIN2O2S/c1-9(18-14-6-5-11(15)8-13(14)16)10-3-2-4-12(7-10)21(17,19)20/h2-9,18H,1H3,(H2,17,19,20). The molecule has 0 aromatic heterocycles. The Balaban J connectivity index is 2.26. The first-order valence-electron chi connectivity index (χ1n) is 6.12. The molecule has 1 unspecified atom stereocenters. The van der Waals surface area contributed by atoms with Gasteiger partial charge in [-0.1, -0.05) is 23.7 Å². The van der Waals surface area contributed by atoms with E-state index >= 15 is 0 Å². The maximum atomic E-state index is 11.4. The number of hydrogen-bond acceptors (Lipinski definition) is 3. The van der Waals surface area contributed by atoms with E-state index in [-0.39, 0.29) is 10.9 Å². The number of rotatable bonds is 4. The van der Waals surface area contributed by atoms with Gasteiger partial charge < -0.3 is 5.32 Å². The van der Waals surface area contributed by atoms with Crippen LogP contribution in [0, 0.1) is 3.57 Å². The van der Waals surface area contributed by atoms with Crippen molar-refractivity contribution in [3.63, 3.8) is 0 Å². The molecule has 0 amide bonds. The molecule has 0 fully saturated rings.